The zero-order valence-corrected chi connectivity index (χ0v) is 25.4. The van der Waals surface area contributed by atoms with E-state index in [1.807, 2.05) is 103 Å². The molecule has 0 saturated carbocycles. The predicted molar refractivity (Wildman–Crippen MR) is 175 cm³/mol. The monoisotopic (exact) mass is 623 g/mol. The van der Waals surface area contributed by atoms with Crippen molar-refractivity contribution < 1.29 is 38.6 Å². The molecule has 0 aliphatic heterocycles. The summed E-state index contributed by atoms with van der Waals surface area (Å²) < 4.78 is 33.8. The van der Waals surface area contributed by atoms with Gasteiger partial charge in [0.2, 0.25) is 11.8 Å². The van der Waals surface area contributed by atoms with Crippen LogP contribution in [0.2, 0.25) is 0 Å². The van der Waals surface area contributed by atoms with Crippen molar-refractivity contribution in [2.75, 3.05) is 52.9 Å². The summed E-state index contributed by atoms with van der Waals surface area (Å²) >= 11 is 0. The molecule has 0 fully saturated rings. The Morgan fingerprint density at radius 3 is 1.09 bits per heavy atom. The first kappa shape index (κ1) is 32.5. The van der Waals surface area contributed by atoms with E-state index >= 15 is 0 Å². The fourth-order valence-corrected chi connectivity index (χ4v) is 4.44. The van der Waals surface area contributed by atoms with E-state index in [0.717, 1.165) is 33.8 Å². The summed E-state index contributed by atoms with van der Waals surface area (Å²) in [5.41, 5.74) is 4.20. The molecule has 0 atom stereocenters. The maximum Gasteiger partial charge on any atom is 0.222 e. The van der Waals surface area contributed by atoms with Gasteiger partial charge in [-0.2, -0.15) is 4.98 Å². The van der Waals surface area contributed by atoms with Gasteiger partial charge >= 0.3 is 0 Å². The molecule has 0 aliphatic carbocycles. The van der Waals surface area contributed by atoms with Gasteiger partial charge in [0.05, 0.1) is 39.6 Å². The highest BCUT2D eigenvalue weighted by atomic mass is 16.5. The van der Waals surface area contributed by atoms with Crippen molar-refractivity contribution in [3.05, 3.63) is 115 Å². The van der Waals surface area contributed by atoms with Crippen molar-refractivity contribution in [2.24, 2.45) is 0 Å². The average Bonchev–Trinajstić information content (AvgIpc) is 3.10. The van der Waals surface area contributed by atoms with Gasteiger partial charge in [0, 0.05) is 12.1 Å². The van der Waals surface area contributed by atoms with Gasteiger partial charge < -0.3 is 38.6 Å². The molecule has 0 unspecified atom stereocenters. The summed E-state index contributed by atoms with van der Waals surface area (Å²) in [5.74, 6) is 3.69. The van der Waals surface area contributed by atoms with Crippen LogP contribution in [0.25, 0.3) is 22.3 Å². The third-order valence-electron chi connectivity index (χ3n) is 6.69. The number of hydrogen-bond donors (Lipinski definition) is 2. The molecule has 9 heteroatoms. The highest BCUT2D eigenvalue weighted by molar-refractivity contribution is 5.66. The molecule has 46 heavy (non-hydrogen) atoms. The minimum absolute atomic E-state index is 0.00646. The van der Waals surface area contributed by atoms with Crippen LogP contribution in [0.4, 0.5) is 0 Å². The summed E-state index contributed by atoms with van der Waals surface area (Å²) in [5, 5.41) is 17.5. The second-order valence-electron chi connectivity index (χ2n) is 9.98. The Hall–Kier alpha value is -4.93. The van der Waals surface area contributed by atoms with E-state index in [2.05, 4.69) is 4.98 Å². The number of rotatable bonds is 18. The lowest BCUT2D eigenvalue weighted by Gasteiger charge is -2.10. The Kier molecular flexibility index (Phi) is 12.4. The molecular weight excluding hydrogens is 586 g/mol. The Balaban J connectivity index is 1.11. The molecule has 5 aromatic rings. The van der Waals surface area contributed by atoms with Gasteiger partial charge in [-0.1, -0.05) is 54.6 Å². The summed E-state index contributed by atoms with van der Waals surface area (Å²) in [4.78, 5) is 4.51. The third-order valence-corrected chi connectivity index (χ3v) is 6.69. The molecule has 0 saturated heterocycles. The van der Waals surface area contributed by atoms with Crippen molar-refractivity contribution in [2.45, 2.75) is 0 Å². The molecule has 2 N–H and O–H groups in total. The third kappa shape index (κ3) is 10.0. The van der Waals surface area contributed by atoms with E-state index in [4.69, 9.17) is 38.6 Å². The fourth-order valence-electron chi connectivity index (χ4n) is 4.44. The SMILES string of the molecule is OCCOCCOc1ccc(-c2ccc(Oc3cccc(Oc4ccc(-c5ccc(OCCOCCO)cc5)cc4)n3)cc2)cc1. The molecular formula is C37H37NO8. The molecule has 1 heterocycles. The van der Waals surface area contributed by atoms with Gasteiger partial charge in [0.25, 0.3) is 0 Å². The predicted octanol–water partition coefficient (Wildman–Crippen LogP) is 6.78. The van der Waals surface area contributed by atoms with Crippen LogP contribution in [-0.2, 0) is 9.47 Å². The van der Waals surface area contributed by atoms with Crippen LogP contribution in [0.1, 0.15) is 0 Å². The zero-order chi connectivity index (χ0) is 31.8. The standard InChI is InChI=1S/C37H37NO8/c39-20-22-41-24-26-43-32-12-4-28(5-13-32)30-8-16-34(17-9-30)45-36-2-1-3-37(38-36)46-35-18-10-31(11-19-35)29-6-14-33(15-7-29)44-27-25-42-23-21-40/h1-19,39-40H,20-27H2. The van der Waals surface area contributed by atoms with E-state index in [-0.39, 0.29) is 13.2 Å². The fraction of sp³-hybridized carbons (Fsp3) is 0.216. The number of aromatic nitrogens is 1. The number of pyridine rings is 1. The minimum Gasteiger partial charge on any atom is -0.491 e. The van der Waals surface area contributed by atoms with Crippen LogP contribution in [0, 0.1) is 0 Å². The number of aliphatic hydroxyl groups is 2. The second kappa shape index (κ2) is 17.5. The van der Waals surface area contributed by atoms with Crippen LogP contribution in [-0.4, -0.2) is 68.1 Å². The first-order valence-corrected chi connectivity index (χ1v) is 15.1. The molecule has 0 amide bonds. The van der Waals surface area contributed by atoms with Gasteiger partial charge in [-0.25, -0.2) is 0 Å². The first-order chi connectivity index (χ1) is 22.7. The summed E-state index contributed by atoms with van der Waals surface area (Å²) in [6, 6.07) is 36.7. The molecule has 0 radical (unpaired) electrons. The minimum atomic E-state index is 0.00646. The number of aliphatic hydroxyl groups excluding tert-OH is 2. The zero-order valence-electron chi connectivity index (χ0n) is 25.4. The number of ether oxygens (including phenoxy) is 6. The summed E-state index contributed by atoms with van der Waals surface area (Å²) in [7, 11) is 0. The van der Waals surface area contributed by atoms with Gasteiger partial charge in [0.1, 0.15) is 36.2 Å². The highest BCUT2D eigenvalue weighted by Crippen LogP contribution is 2.30. The van der Waals surface area contributed by atoms with Gasteiger partial charge in [0.15, 0.2) is 0 Å². The molecule has 4 aromatic carbocycles. The van der Waals surface area contributed by atoms with Crippen LogP contribution in [0.5, 0.6) is 34.8 Å². The maximum absolute atomic E-state index is 8.75. The van der Waals surface area contributed by atoms with Crippen LogP contribution < -0.4 is 18.9 Å². The molecule has 0 bridgehead atoms. The quantitative estimate of drug-likeness (QED) is 0.102. The van der Waals surface area contributed by atoms with E-state index < -0.39 is 0 Å². The average molecular weight is 624 g/mol. The van der Waals surface area contributed by atoms with Crippen molar-refractivity contribution in [1.29, 1.82) is 0 Å². The van der Waals surface area contributed by atoms with Crippen LogP contribution >= 0.6 is 0 Å². The first-order valence-electron chi connectivity index (χ1n) is 15.1. The molecule has 9 nitrogen and oxygen atoms in total. The molecule has 1 aromatic heterocycles. The van der Waals surface area contributed by atoms with Crippen LogP contribution in [0.15, 0.2) is 115 Å². The number of benzene rings is 4. The van der Waals surface area contributed by atoms with E-state index in [9.17, 15) is 0 Å². The van der Waals surface area contributed by atoms with Gasteiger partial charge in [-0.3, -0.25) is 0 Å². The van der Waals surface area contributed by atoms with Crippen molar-refractivity contribution in [3.8, 4) is 57.0 Å². The molecule has 0 aliphatic rings. The Morgan fingerprint density at radius 2 is 0.739 bits per heavy atom. The van der Waals surface area contributed by atoms with Crippen molar-refractivity contribution in [3.63, 3.8) is 0 Å². The van der Waals surface area contributed by atoms with Crippen LogP contribution in [0.3, 0.4) is 0 Å². The lowest BCUT2D eigenvalue weighted by atomic mass is 10.1. The summed E-state index contributed by atoms with van der Waals surface area (Å²) in [6.07, 6.45) is 0. The van der Waals surface area contributed by atoms with Crippen molar-refractivity contribution in [1.82, 2.24) is 4.98 Å². The smallest absolute Gasteiger partial charge is 0.222 e. The van der Waals surface area contributed by atoms with Gasteiger partial charge in [-0.15, -0.1) is 0 Å². The second-order valence-corrected chi connectivity index (χ2v) is 9.98. The Bertz CT molecular complexity index is 1470. The highest BCUT2D eigenvalue weighted by Gasteiger charge is 2.06. The number of hydrogen-bond acceptors (Lipinski definition) is 9. The van der Waals surface area contributed by atoms with E-state index in [0.29, 0.717) is 62.9 Å². The summed E-state index contributed by atoms with van der Waals surface area (Å²) in [6.45, 7) is 2.35. The van der Waals surface area contributed by atoms with Gasteiger partial charge in [-0.05, 0) is 70.8 Å². The largest absolute Gasteiger partial charge is 0.491 e. The lowest BCUT2D eigenvalue weighted by molar-refractivity contribution is 0.0705. The van der Waals surface area contributed by atoms with Crippen molar-refractivity contribution >= 4 is 0 Å². The Labute approximate surface area is 268 Å². The normalized spacial score (nSPS) is 10.8. The molecule has 238 valence electrons. The van der Waals surface area contributed by atoms with E-state index in [1.54, 1.807) is 12.1 Å². The lowest BCUT2D eigenvalue weighted by Crippen LogP contribution is -2.08. The number of nitrogens with zero attached hydrogens (tertiary/aromatic N) is 1. The topological polar surface area (TPSA) is 109 Å². The maximum atomic E-state index is 8.75. The molecule has 5 rings (SSSR count). The van der Waals surface area contributed by atoms with E-state index in [1.165, 1.54) is 0 Å². The molecule has 0 spiro atoms. The Morgan fingerprint density at radius 1 is 0.391 bits per heavy atom.